The van der Waals surface area contributed by atoms with Gasteiger partial charge >= 0.3 is 0 Å². The van der Waals surface area contributed by atoms with E-state index in [1.54, 1.807) is 12.1 Å². The Morgan fingerprint density at radius 1 is 1.25 bits per heavy atom. The van der Waals surface area contributed by atoms with Crippen LogP contribution in [0, 0.1) is 5.92 Å². The molecule has 0 bridgehead atoms. The molecule has 1 aromatic carbocycles. The van der Waals surface area contributed by atoms with E-state index in [2.05, 4.69) is 19.2 Å². The smallest absolute Gasteiger partial charge is 0.253 e. The second-order valence-electron chi connectivity index (χ2n) is 4.09. The molecule has 3 N–H and O–H groups in total. The van der Waals surface area contributed by atoms with E-state index in [1.807, 2.05) is 19.1 Å². The van der Waals surface area contributed by atoms with Gasteiger partial charge in [-0.05, 0) is 25.0 Å². The van der Waals surface area contributed by atoms with Crippen LogP contribution in [0.25, 0.3) is 0 Å². The van der Waals surface area contributed by atoms with Gasteiger partial charge in [-0.2, -0.15) is 0 Å². The lowest BCUT2D eigenvalue weighted by Crippen LogP contribution is -2.36. The number of para-hydroxylation sites is 1. The van der Waals surface area contributed by atoms with Gasteiger partial charge in [0.05, 0.1) is 5.56 Å². The lowest BCUT2D eigenvalue weighted by molar-refractivity contribution is 0.0931. The number of rotatable bonds is 3. The Balaban J connectivity index is 0.00000225. The number of nitrogens with two attached hydrogens (primary N) is 1. The van der Waals surface area contributed by atoms with E-state index in [1.165, 1.54) is 0 Å². The number of benzene rings is 1. The molecule has 4 heteroatoms. The lowest BCUT2D eigenvalue weighted by atomic mass is 10.1. The summed E-state index contributed by atoms with van der Waals surface area (Å²) in [5.41, 5.74) is 6.78. The van der Waals surface area contributed by atoms with Gasteiger partial charge in [-0.1, -0.05) is 26.0 Å². The molecule has 0 aliphatic heterocycles. The number of carbonyl (C=O) groups is 1. The Bertz CT molecular complexity index is 353. The maximum atomic E-state index is 11.8. The monoisotopic (exact) mass is 242 g/mol. The predicted octanol–water partition coefficient (Wildman–Crippen LogP) is 2.46. The molecule has 90 valence electrons. The highest BCUT2D eigenvalue weighted by atomic mass is 35.5. The molecule has 0 saturated carbocycles. The zero-order valence-electron chi connectivity index (χ0n) is 9.86. The van der Waals surface area contributed by atoms with Crippen LogP contribution in [0.1, 0.15) is 31.1 Å². The Kier molecular flexibility index (Phi) is 5.89. The molecule has 0 aromatic heterocycles. The number of halogens is 1. The molecule has 3 nitrogen and oxygen atoms in total. The first-order valence-corrected chi connectivity index (χ1v) is 5.17. The zero-order chi connectivity index (χ0) is 11.4. The van der Waals surface area contributed by atoms with Gasteiger partial charge in [0.1, 0.15) is 0 Å². The fourth-order valence-electron chi connectivity index (χ4n) is 1.15. The van der Waals surface area contributed by atoms with Crippen LogP contribution in [0.15, 0.2) is 24.3 Å². The highest BCUT2D eigenvalue weighted by Crippen LogP contribution is 2.11. The van der Waals surface area contributed by atoms with Gasteiger partial charge in [0.2, 0.25) is 0 Å². The molecule has 0 spiro atoms. The molecule has 0 heterocycles. The van der Waals surface area contributed by atoms with Gasteiger partial charge in [0.15, 0.2) is 0 Å². The average Bonchev–Trinajstić information content (AvgIpc) is 2.18. The number of amides is 1. The highest BCUT2D eigenvalue weighted by molar-refractivity contribution is 5.99. The van der Waals surface area contributed by atoms with Gasteiger partial charge in [-0.3, -0.25) is 4.79 Å². The van der Waals surface area contributed by atoms with Crippen molar-refractivity contribution in [3.63, 3.8) is 0 Å². The first-order chi connectivity index (χ1) is 7.02. The summed E-state index contributed by atoms with van der Waals surface area (Å²) in [6, 6.07) is 7.24. The largest absolute Gasteiger partial charge is 0.398 e. The molecule has 1 amide bonds. The Labute approximate surface area is 103 Å². The van der Waals surface area contributed by atoms with Gasteiger partial charge in [0, 0.05) is 11.7 Å². The number of nitrogen functional groups attached to an aromatic ring is 1. The normalized spacial score (nSPS) is 11.8. The highest BCUT2D eigenvalue weighted by Gasteiger charge is 2.13. The van der Waals surface area contributed by atoms with Gasteiger partial charge < -0.3 is 11.1 Å². The van der Waals surface area contributed by atoms with Crippen LogP contribution < -0.4 is 11.1 Å². The van der Waals surface area contributed by atoms with E-state index in [0.717, 1.165) is 0 Å². The van der Waals surface area contributed by atoms with Crippen molar-refractivity contribution in [3.8, 4) is 0 Å². The van der Waals surface area contributed by atoms with E-state index in [0.29, 0.717) is 17.2 Å². The average molecular weight is 243 g/mol. The topological polar surface area (TPSA) is 55.1 Å². The van der Waals surface area contributed by atoms with E-state index < -0.39 is 0 Å². The van der Waals surface area contributed by atoms with Crippen molar-refractivity contribution in [3.05, 3.63) is 29.8 Å². The fourth-order valence-corrected chi connectivity index (χ4v) is 1.15. The number of hydrogen-bond acceptors (Lipinski definition) is 2. The van der Waals surface area contributed by atoms with E-state index >= 15 is 0 Å². The van der Waals surface area contributed by atoms with Crippen LogP contribution in [0.4, 0.5) is 5.69 Å². The van der Waals surface area contributed by atoms with Crippen molar-refractivity contribution < 1.29 is 4.79 Å². The molecule has 0 aliphatic carbocycles. The fraction of sp³-hybridized carbons (Fsp3) is 0.417. The van der Waals surface area contributed by atoms with E-state index in [4.69, 9.17) is 5.73 Å². The minimum absolute atomic E-state index is 0. The van der Waals surface area contributed by atoms with Crippen LogP contribution in [0.2, 0.25) is 0 Å². The molecule has 0 fully saturated rings. The van der Waals surface area contributed by atoms with Crippen molar-refractivity contribution >= 4 is 24.0 Å². The van der Waals surface area contributed by atoms with Gasteiger partial charge in [0.25, 0.3) is 5.91 Å². The summed E-state index contributed by atoms with van der Waals surface area (Å²) in [5, 5.41) is 2.92. The Hall–Kier alpha value is -1.22. The third-order valence-electron chi connectivity index (χ3n) is 2.56. The van der Waals surface area contributed by atoms with Crippen LogP contribution in [0.3, 0.4) is 0 Å². The van der Waals surface area contributed by atoms with Gasteiger partial charge in [-0.25, -0.2) is 0 Å². The van der Waals surface area contributed by atoms with Crippen LogP contribution in [0.5, 0.6) is 0 Å². The maximum absolute atomic E-state index is 11.8. The standard InChI is InChI=1S/C12H18N2O.ClH/c1-8(2)9(3)14-12(15)10-6-4-5-7-11(10)13;/h4-9H,13H2,1-3H3,(H,14,15);1H. The number of hydrogen-bond donors (Lipinski definition) is 2. The Morgan fingerprint density at radius 2 is 1.81 bits per heavy atom. The van der Waals surface area contributed by atoms with E-state index in [9.17, 15) is 4.79 Å². The minimum Gasteiger partial charge on any atom is -0.398 e. The second kappa shape index (κ2) is 6.38. The summed E-state index contributed by atoms with van der Waals surface area (Å²) < 4.78 is 0. The van der Waals surface area contributed by atoms with Crippen molar-refractivity contribution in [2.45, 2.75) is 26.8 Å². The molecule has 1 atom stereocenters. The predicted molar refractivity (Wildman–Crippen MR) is 69.9 cm³/mol. The zero-order valence-corrected chi connectivity index (χ0v) is 10.7. The molecule has 0 saturated heterocycles. The summed E-state index contributed by atoms with van der Waals surface area (Å²) >= 11 is 0. The van der Waals surface area contributed by atoms with Crippen LogP contribution in [-0.4, -0.2) is 11.9 Å². The lowest BCUT2D eigenvalue weighted by Gasteiger charge is -2.17. The summed E-state index contributed by atoms with van der Waals surface area (Å²) in [7, 11) is 0. The Morgan fingerprint density at radius 3 is 2.31 bits per heavy atom. The molecule has 1 unspecified atom stereocenters. The molecule has 1 aromatic rings. The molecule has 16 heavy (non-hydrogen) atoms. The van der Waals surface area contributed by atoms with E-state index in [-0.39, 0.29) is 24.4 Å². The third kappa shape index (κ3) is 3.74. The first-order valence-electron chi connectivity index (χ1n) is 5.17. The first kappa shape index (κ1) is 14.8. The summed E-state index contributed by atoms with van der Waals surface area (Å²) in [6.45, 7) is 6.13. The molecule has 0 radical (unpaired) electrons. The van der Waals surface area contributed by atoms with Crippen LogP contribution in [-0.2, 0) is 0 Å². The minimum atomic E-state index is -0.102. The number of carbonyl (C=O) groups excluding carboxylic acids is 1. The van der Waals surface area contributed by atoms with Crippen LogP contribution >= 0.6 is 12.4 Å². The second-order valence-corrected chi connectivity index (χ2v) is 4.09. The van der Waals surface area contributed by atoms with Crippen molar-refractivity contribution in [1.82, 2.24) is 5.32 Å². The van der Waals surface area contributed by atoms with Crippen molar-refractivity contribution in [2.24, 2.45) is 5.92 Å². The summed E-state index contributed by atoms with van der Waals surface area (Å²) in [4.78, 5) is 11.8. The number of nitrogens with one attached hydrogen (secondary N) is 1. The quantitative estimate of drug-likeness (QED) is 0.800. The van der Waals surface area contributed by atoms with Crippen molar-refractivity contribution in [2.75, 3.05) is 5.73 Å². The SMILES string of the molecule is CC(C)C(C)NC(=O)c1ccccc1N.Cl. The molecular formula is C12H19ClN2O. The van der Waals surface area contributed by atoms with Gasteiger partial charge in [-0.15, -0.1) is 12.4 Å². The summed E-state index contributed by atoms with van der Waals surface area (Å²) in [5.74, 6) is 0.313. The third-order valence-corrected chi connectivity index (χ3v) is 2.56. The molecular weight excluding hydrogens is 224 g/mol. The number of anilines is 1. The summed E-state index contributed by atoms with van der Waals surface area (Å²) in [6.07, 6.45) is 0. The molecule has 0 aliphatic rings. The van der Waals surface area contributed by atoms with Crippen molar-refractivity contribution in [1.29, 1.82) is 0 Å². The molecule has 1 rings (SSSR count). The maximum Gasteiger partial charge on any atom is 0.253 e.